The third-order valence-corrected chi connectivity index (χ3v) is 4.88. The molecule has 2 N–H and O–H groups in total. The van der Waals surface area contributed by atoms with Crippen LogP contribution in [0.2, 0.25) is 5.02 Å². The highest BCUT2D eigenvalue weighted by Crippen LogP contribution is 2.40. The molecule has 5 nitrogen and oxygen atoms in total. The second-order valence-corrected chi connectivity index (χ2v) is 6.49. The van der Waals surface area contributed by atoms with Gasteiger partial charge in [0.1, 0.15) is 11.3 Å². The SMILES string of the molecule is CCN1CCC[C@H]1CNC(=O)c1c(O)c(Br)cc(Cl)c1OC. The number of aromatic hydroxyl groups is 1. The number of likely N-dealkylation sites (tertiary alicyclic amines) is 1. The fourth-order valence-electron chi connectivity index (χ4n) is 2.84. The monoisotopic (exact) mass is 390 g/mol. The van der Waals surface area contributed by atoms with Crippen LogP contribution in [0.15, 0.2) is 10.5 Å². The Morgan fingerprint density at radius 2 is 2.36 bits per heavy atom. The third kappa shape index (κ3) is 3.50. The molecule has 1 aromatic carbocycles. The van der Waals surface area contributed by atoms with Gasteiger partial charge in [0.25, 0.3) is 5.91 Å². The van der Waals surface area contributed by atoms with Gasteiger partial charge in [-0.15, -0.1) is 0 Å². The van der Waals surface area contributed by atoms with Gasteiger partial charge < -0.3 is 15.2 Å². The van der Waals surface area contributed by atoms with Crippen molar-refractivity contribution in [2.24, 2.45) is 0 Å². The lowest BCUT2D eigenvalue weighted by molar-refractivity contribution is 0.0935. The molecule has 1 atom stereocenters. The quantitative estimate of drug-likeness (QED) is 0.810. The number of nitrogens with one attached hydrogen (secondary N) is 1. The van der Waals surface area contributed by atoms with E-state index in [1.165, 1.54) is 13.2 Å². The molecule has 1 heterocycles. The summed E-state index contributed by atoms with van der Waals surface area (Å²) >= 11 is 9.26. The van der Waals surface area contributed by atoms with E-state index in [-0.39, 0.29) is 28.0 Å². The molecule has 1 fully saturated rings. The van der Waals surface area contributed by atoms with Crippen LogP contribution in [0.25, 0.3) is 0 Å². The van der Waals surface area contributed by atoms with Crippen LogP contribution in [0, 0.1) is 0 Å². The summed E-state index contributed by atoms with van der Waals surface area (Å²) in [6.45, 7) is 4.69. The van der Waals surface area contributed by atoms with Crippen LogP contribution in [0.3, 0.4) is 0 Å². The number of phenols is 1. The van der Waals surface area contributed by atoms with Crippen LogP contribution in [-0.4, -0.2) is 48.7 Å². The van der Waals surface area contributed by atoms with Crippen LogP contribution in [0.1, 0.15) is 30.1 Å². The van der Waals surface area contributed by atoms with E-state index in [2.05, 4.69) is 33.1 Å². The largest absolute Gasteiger partial charge is 0.506 e. The van der Waals surface area contributed by atoms with E-state index < -0.39 is 0 Å². The van der Waals surface area contributed by atoms with Crippen LogP contribution in [0.4, 0.5) is 0 Å². The Bertz CT molecular complexity index is 568. The highest BCUT2D eigenvalue weighted by molar-refractivity contribution is 9.10. The zero-order valence-corrected chi connectivity index (χ0v) is 15.0. The minimum absolute atomic E-state index is 0.0583. The van der Waals surface area contributed by atoms with Gasteiger partial charge in [0.15, 0.2) is 5.75 Å². The number of hydrogen-bond acceptors (Lipinski definition) is 4. The smallest absolute Gasteiger partial charge is 0.258 e. The minimum atomic E-state index is -0.388. The van der Waals surface area contributed by atoms with Crippen LogP contribution < -0.4 is 10.1 Å². The number of carbonyl (C=O) groups is 1. The lowest BCUT2D eigenvalue weighted by Gasteiger charge is -2.23. The van der Waals surface area contributed by atoms with Crippen molar-refractivity contribution in [3.63, 3.8) is 0 Å². The van der Waals surface area contributed by atoms with Gasteiger partial charge in [-0.3, -0.25) is 9.69 Å². The molecule has 1 amide bonds. The zero-order chi connectivity index (χ0) is 16.3. The van der Waals surface area contributed by atoms with E-state index in [0.717, 1.165) is 25.9 Å². The maximum atomic E-state index is 12.5. The summed E-state index contributed by atoms with van der Waals surface area (Å²) in [7, 11) is 1.42. The number of ether oxygens (including phenoxy) is 1. The summed E-state index contributed by atoms with van der Waals surface area (Å²) < 4.78 is 5.52. The van der Waals surface area contributed by atoms with Gasteiger partial charge in [0, 0.05) is 12.6 Å². The summed E-state index contributed by atoms with van der Waals surface area (Å²) in [4.78, 5) is 14.8. The maximum Gasteiger partial charge on any atom is 0.258 e. The number of methoxy groups -OCH3 is 1. The van der Waals surface area contributed by atoms with E-state index >= 15 is 0 Å². The van der Waals surface area contributed by atoms with Gasteiger partial charge >= 0.3 is 0 Å². The summed E-state index contributed by atoms with van der Waals surface area (Å²) in [5.41, 5.74) is 0.0583. The topological polar surface area (TPSA) is 61.8 Å². The summed E-state index contributed by atoms with van der Waals surface area (Å²) in [6, 6.07) is 1.84. The van der Waals surface area contributed by atoms with Gasteiger partial charge in [-0.1, -0.05) is 18.5 Å². The first-order chi connectivity index (χ1) is 10.5. The second-order valence-electron chi connectivity index (χ2n) is 5.23. The van der Waals surface area contributed by atoms with Crippen molar-refractivity contribution in [2.75, 3.05) is 26.7 Å². The molecule has 0 saturated carbocycles. The number of benzene rings is 1. The van der Waals surface area contributed by atoms with Gasteiger partial charge in [-0.05, 0) is 47.9 Å². The second kappa shape index (κ2) is 7.53. The Morgan fingerprint density at radius 1 is 1.64 bits per heavy atom. The zero-order valence-electron chi connectivity index (χ0n) is 12.7. The first-order valence-corrected chi connectivity index (χ1v) is 8.43. The molecule has 22 heavy (non-hydrogen) atoms. The Morgan fingerprint density at radius 3 is 3.00 bits per heavy atom. The molecule has 0 aromatic heterocycles. The first kappa shape index (κ1) is 17.4. The van der Waals surface area contributed by atoms with Gasteiger partial charge in [-0.2, -0.15) is 0 Å². The lowest BCUT2D eigenvalue weighted by atomic mass is 10.1. The van der Waals surface area contributed by atoms with Crippen molar-refractivity contribution < 1.29 is 14.6 Å². The molecule has 0 unspecified atom stereocenters. The van der Waals surface area contributed by atoms with Crippen molar-refractivity contribution in [2.45, 2.75) is 25.8 Å². The maximum absolute atomic E-state index is 12.5. The number of likely N-dealkylation sites (N-methyl/N-ethyl adjacent to an activating group) is 1. The normalized spacial score (nSPS) is 18.5. The molecule has 1 aliphatic heterocycles. The van der Waals surface area contributed by atoms with E-state index in [4.69, 9.17) is 16.3 Å². The molecule has 2 rings (SSSR count). The molecule has 0 aliphatic carbocycles. The molecule has 0 bridgehead atoms. The predicted octanol–water partition coefficient (Wildman–Crippen LogP) is 3.03. The summed E-state index contributed by atoms with van der Waals surface area (Å²) in [6.07, 6.45) is 2.21. The lowest BCUT2D eigenvalue weighted by Crippen LogP contribution is -2.40. The number of rotatable bonds is 5. The third-order valence-electron chi connectivity index (χ3n) is 4.00. The number of carbonyl (C=O) groups excluding carboxylic acids is 1. The molecule has 0 spiro atoms. The van der Waals surface area contributed by atoms with Crippen molar-refractivity contribution in [1.29, 1.82) is 0 Å². The Balaban J connectivity index is 2.16. The van der Waals surface area contributed by atoms with Crippen molar-refractivity contribution in [3.05, 3.63) is 21.1 Å². The first-order valence-electron chi connectivity index (χ1n) is 7.26. The van der Waals surface area contributed by atoms with Gasteiger partial charge in [0.2, 0.25) is 0 Å². The average molecular weight is 392 g/mol. The number of nitrogens with zero attached hydrogens (tertiary/aromatic N) is 1. The molecule has 1 saturated heterocycles. The standard InChI is InChI=1S/C15H20BrClN2O3/c1-3-19-6-4-5-9(19)8-18-15(21)12-13(20)10(16)7-11(17)14(12)22-2/h7,9,20H,3-6,8H2,1-2H3,(H,18,21)/t9-/m0/s1. The van der Waals surface area contributed by atoms with E-state index in [9.17, 15) is 9.90 Å². The summed E-state index contributed by atoms with van der Waals surface area (Å²) in [5.74, 6) is -0.378. The van der Waals surface area contributed by atoms with Gasteiger partial charge in [-0.25, -0.2) is 0 Å². The average Bonchev–Trinajstić information content (AvgIpc) is 2.95. The number of hydrogen-bond donors (Lipinski definition) is 2. The fraction of sp³-hybridized carbons (Fsp3) is 0.533. The molecular formula is C15H20BrClN2O3. The van der Waals surface area contributed by atoms with Crippen LogP contribution in [0.5, 0.6) is 11.5 Å². The fourth-order valence-corrected chi connectivity index (χ4v) is 3.68. The highest BCUT2D eigenvalue weighted by atomic mass is 79.9. The van der Waals surface area contributed by atoms with E-state index in [1.807, 2.05) is 0 Å². The van der Waals surface area contributed by atoms with Crippen LogP contribution in [-0.2, 0) is 0 Å². The Kier molecular flexibility index (Phi) is 5.94. The molecular weight excluding hydrogens is 372 g/mol. The summed E-state index contributed by atoms with van der Waals surface area (Å²) in [5, 5.41) is 13.3. The predicted molar refractivity (Wildman–Crippen MR) is 90.0 cm³/mol. The number of phenolic OH excluding ortho intramolecular Hbond substituents is 1. The van der Waals surface area contributed by atoms with Crippen molar-refractivity contribution in [3.8, 4) is 11.5 Å². The highest BCUT2D eigenvalue weighted by Gasteiger charge is 2.26. The number of halogens is 2. The molecule has 7 heteroatoms. The molecule has 1 aliphatic rings. The number of amides is 1. The Labute approximate surface area is 143 Å². The molecule has 1 aromatic rings. The van der Waals surface area contributed by atoms with Crippen molar-refractivity contribution in [1.82, 2.24) is 10.2 Å². The van der Waals surface area contributed by atoms with E-state index in [0.29, 0.717) is 17.1 Å². The Hall–Kier alpha value is -0.980. The molecule has 0 radical (unpaired) electrons. The van der Waals surface area contributed by atoms with Crippen molar-refractivity contribution >= 4 is 33.4 Å². The van der Waals surface area contributed by atoms with Crippen LogP contribution >= 0.6 is 27.5 Å². The van der Waals surface area contributed by atoms with E-state index in [1.54, 1.807) is 0 Å². The minimum Gasteiger partial charge on any atom is -0.506 e. The van der Waals surface area contributed by atoms with Gasteiger partial charge in [0.05, 0.1) is 16.6 Å². The molecule has 122 valence electrons.